The molecule has 1 aliphatic rings. The molecule has 108 valence electrons. The first-order valence-corrected chi connectivity index (χ1v) is 9.58. The third kappa shape index (κ3) is 5.34. The highest BCUT2D eigenvalue weighted by Gasteiger charge is 2.31. The molecule has 3 heteroatoms. The molecule has 0 saturated carbocycles. The lowest BCUT2D eigenvalue weighted by atomic mass is 9.95. The van der Waals surface area contributed by atoms with E-state index < -0.39 is 0 Å². The highest BCUT2D eigenvalue weighted by Crippen LogP contribution is 2.38. The van der Waals surface area contributed by atoms with Gasteiger partial charge in [-0.1, -0.05) is 47.5 Å². The van der Waals surface area contributed by atoms with Gasteiger partial charge >= 0.3 is 0 Å². The second-order valence-corrected chi connectivity index (χ2v) is 8.74. The summed E-state index contributed by atoms with van der Waals surface area (Å²) in [5.74, 6) is 2.19. The van der Waals surface area contributed by atoms with Crippen LogP contribution in [0.25, 0.3) is 0 Å². The Kier molecular flexibility index (Phi) is 8.13. The Hall–Kier alpha value is 0.660. The summed E-state index contributed by atoms with van der Waals surface area (Å²) in [6.07, 6.45) is 4.04. The predicted octanol–water partition coefficient (Wildman–Crippen LogP) is 4.42. The van der Waals surface area contributed by atoms with Crippen LogP contribution in [-0.2, 0) is 0 Å². The zero-order chi connectivity index (χ0) is 13.5. The van der Waals surface area contributed by atoms with E-state index >= 15 is 0 Å². The van der Waals surface area contributed by atoms with E-state index in [1.54, 1.807) is 0 Å². The molecular formula is C15H31NS2. The fourth-order valence-electron chi connectivity index (χ4n) is 2.69. The summed E-state index contributed by atoms with van der Waals surface area (Å²) in [5, 5.41) is 6.17. The van der Waals surface area contributed by atoms with Crippen molar-refractivity contribution in [3.05, 3.63) is 0 Å². The Morgan fingerprint density at radius 3 is 2.50 bits per heavy atom. The largest absolute Gasteiger partial charge is 0.313 e. The minimum absolute atomic E-state index is 0.712. The van der Waals surface area contributed by atoms with Gasteiger partial charge in [-0.2, -0.15) is 23.5 Å². The van der Waals surface area contributed by atoms with Gasteiger partial charge in [-0.3, -0.25) is 0 Å². The van der Waals surface area contributed by atoms with Gasteiger partial charge in [0.15, 0.2) is 0 Å². The molecule has 1 fully saturated rings. The van der Waals surface area contributed by atoms with E-state index in [1.165, 1.54) is 25.0 Å². The molecule has 5 unspecified atom stereocenters. The van der Waals surface area contributed by atoms with Crippen molar-refractivity contribution < 1.29 is 0 Å². The van der Waals surface area contributed by atoms with Crippen molar-refractivity contribution in [1.82, 2.24) is 5.32 Å². The Bertz CT molecular complexity index is 223. The molecule has 0 aromatic rings. The van der Waals surface area contributed by atoms with Crippen molar-refractivity contribution in [3.63, 3.8) is 0 Å². The van der Waals surface area contributed by atoms with Gasteiger partial charge in [0, 0.05) is 27.5 Å². The van der Waals surface area contributed by atoms with E-state index in [-0.39, 0.29) is 0 Å². The minimum Gasteiger partial charge on any atom is -0.313 e. The van der Waals surface area contributed by atoms with E-state index in [4.69, 9.17) is 0 Å². The number of nitrogens with one attached hydrogen (secondary N) is 1. The molecule has 0 aromatic carbocycles. The molecule has 1 rings (SSSR count). The lowest BCUT2D eigenvalue weighted by molar-refractivity contribution is 0.386. The average molecular weight is 290 g/mol. The summed E-state index contributed by atoms with van der Waals surface area (Å²) >= 11 is 4.39. The second-order valence-electron chi connectivity index (χ2n) is 5.71. The van der Waals surface area contributed by atoms with E-state index in [0.29, 0.717) is 6.04 Å². The lowest BCUT2D eigenvalue weighted by Gasteiger charge is -2.37. The molecule has 0 aliphatic carbocycles. The molecule has 18 heavy (non-hydrogen) atoms. The van der Waals surface area contributed by atoms with Crippen LogP contribution in [0.5, 0.6) is 0 Å². The lowest BCUT2D eigenvalue weighted by Crippen LogP contribution is -2.44. The zero-order valence-electron chi connectivity index (χ0n) is 12.7. The fourth-order valence-corrected chi connectivity index (χ4v) is 5.84. The molecule has 1 nitrogen and oxygen atoms in total. The molecular weight excluding hydrogens is 258 g/mol. The maximum atomic E-state index is 3.74. The van der Waals surface area contributed by atoms with Crippen LogP contribution in [0, 0.1) is 5.92 Å². The Morgan fingerprint density at radius 2 is 1.94 bits per heavy atom. The molecule has 0 bridgehead atoms. The van der Waals surface area contributed by atoms with Crippen molar-refractivity contribution in [2.75, 3.05) is 12.3 Å². The second kappa shape index (κ2) is 8.76. The smallest absolute Gasteiger partial charge is 0.0294 e. The number of rotatable bonds is 7. The van der Waals surface area contributed by atoms with E-state index in [1.807, 2.05) is 0 Å². The van der Waals surface area contributed by atoms with Crippen molar-refractivity contribution in [2.45, 2.75) is 75.7 Å². The van der Waals surface area contributed by atoms with Gasteiger partial charge in [-0.25, -0.2) is 0 Å². The average Bonchev–Trinajstić information content (AvgIpc) is 2.32. The molecule has 0 spiro atoms. The van der Waals surface area contributed by atoms with Crippen LogP contribution in [-0.4, -0.2) is 34.1 Å². The highest BCUT2D eigenvalue weighted by molar-refractivity contribution is 8.07. The summed E-state index contributed by atoms with van der Waals surface area (Å²) in [6, 6.07) is 0.712. The maximum absolute atomic E-state index is 3.74. The van der Waals surface area contributed by atoms with E-state index in [0.717, 1.165) is 28.2 Å². The summed E-state index contributed by atoms with van der Waals surface area (Å²) < 4.78 is 0. The first kappa shape index (κ1) is 16.7. The third-order valence-corrected chi connectivity index (χ3v) is 7.48. The van der Waals surface area contributed by atoms with Gasteiger partial charge in [0.2, 0.25) is 0 Å². The Labute approximate surface area is 123 Å². The highest BCUT2D eigenvalue weighted by atomic mass is 32.2. The van der Waals surface area contributed by atoms with Crippen molar-refractivity contribution >= 4 is 23.5 Å². The standard InChI is InChI=1S/C15H31NS2/c1-6-8-11(3)9-14(16-7-2)15-10-17-12(4)13(5)18-15/h11-16H,6-10H2,1-5H3. The van der Waals surface area contributed by atoms with Crippen LogP contribution in [0.3, 0.4) is 0 Å². The first-order valence-electron chi connectivity index (χ1n) is 7.58. The SMILES string of the molecule is CCCC(C)CC(NCC)C1CSC(C)C(C)S1. The van der Waals surface area contributed by atoms with Crippen LogP contribution >= 0.6 is 23.5 Å². The number of thioether (sulfide) groups is 2. The van der Waals surface area contributed by atoms with E-state index in [2.05, 4.69) is 63.5 Å². The number of hydrogen-bond donors (Lipinski definition) is 1. The monoisotopic (exact) mass is 289 g/mol. The van der Waals surface area contributed by atoms with Gasteiger partial charge < -0.3 is 5.32 Å². The van der Waals surface area contributed by atoms with Crippen LogP contribution in [0.4, 0.5) is 0 Å². The topological polar surface area (TPSA) is 12.0 Å². The van der Waals surface area contributed by atoms with Gasteiger partial charge in [0.05, 0.1) is 0 Å². The van der Waals surface area contributed by atoms with Gasteiger partial charge in [-0.05, 0) is 18.9 Å². The summed E-state index contributed by atoms with van der Waals surface area (Å²) in [4.78, 5) is 0. The molecule has 1 N–H and O–H groups in total. The van der Waals surface area contributed by atoms with Gasteiger partial charge in [-0.15, -0.1) is 0 Å². The molecule has 0 amide bonds. The minimum atomic E-state index is 0.712. The van der Waals surface area contributed by atoms with E-state index in [9.17, 15) is 0 Å². The summed E-state index contributed by atoms with van der Waals surface area (Å²) in [6.45, 7) is 12.8. The van der Waals surface area contributed by atoms with Crippen LogP contribution < -0.4 is 5.32 Å². The molecule has 0 aromatic heterocycles. The molecule has 1 heterocycles. The maximum Gasteiger partial charge on any atom is 0.0294 e. The summed E-state index contributed by atoms with van der Waals surface area (Å²) in [7, 11) is 0. The third-order valence-electron chi connectivity index (χ3n) is 3.93. The van der Waals surface area contributed by atoms with Gasteiger partial charge in [0.25, 0.3) is 0 Å². The van der Waals surface area contributed by atoms with Crippen molar-refractivity contribution in [3.8, 4) is 0 Å². The number of hydrogen-bond acceptors (Lipinski definition) is 3. The fraction of sp³-hybridized carbons (Fsp3) is 1.00. The molecule has 5 atom stereocenters. The zero-order valence-corrected chi connectivity index (χ0v) is 14.4. The Balaban J connectivity index is 2.50. The Morgan fingerprint density at radius 1 is 1.22 bits per heavy atom. The molecule has 1 aliphatic heterocycles. The van der Waals surface area contributed by atoms with Gasteiger partial charge in [0.1, 0.15) is 0 Å². The van der Waals surface area contributed by atoms with Crippen LogP contribution in [0.2, 0.25) is 0 Å². The first-order chi connectivity index (χ1) is 8.58. The summed E-state index contributed by atoms with van der Waals surface area (Å²) in [5.41, 5.74) is 0. The van der Waals surface area contributed by atoms with Crippen LogP contribution in [0.1, 0.15) is 53.9 Å². The molecule has 1 saturated heterocycles. The van der Waals surface area contributed by atoms with Crippen molar-refractivity contribution in [1.29, 1.82) is 0 Å². The van der Waals surface area contributed by atoms with Crippen LogP contribution in [0.15, 0.2) is 0 Å². The van der Waals surface area contributed by atoms with Crippen molar-refractivity contribution in [2.24, 2.45) is 5.92 Å². The molecule has 0 radical (unpaired) electrons. The quantitative estimate of drug-likeness (QED) is 0.745. The predicted molar refractivity (Wildman–Crippen MR) is 88.9 cm³/mol. The normalized spacial score (nSPS) is 32.2.